The summed E-state index contributed by atoms with van der Waals surface area (Å²) >= 11 is 0. The molecule has 1 unspecified atom stereocenters. The van der Waals surface area contributed by atoms with E-state index in [0.717, 1.165) is 22.3 Å². The van der Waals surface area contributed by atoms with Crippen LogP contribution in [0, 0.1) is 26.7 Å². The predicted molar refractivity (Wildman–Crippen MR) is 151 cm³/mol. The average Bonchev–Trinajstić information content (AvgIpc) is 2.82. The van der Waals surface area contributed by atoms with Gasteiger partial charge in [0.05, 0.1) is 11.9 Å². The van der Waals surface area contributed by atoms with Crippen LogP contribution in [0.4, 0.5) is 5.69 Å². The summed E-state index contributed by atoms with van der Waals surface area (Å²) in [7, 11) is -3.53. The van der Waals surface area contributed by atoms with Gasteiger partial charge in [-0.3, -0.25) is 13.9 Å². The lowest BCUT2D eigenvalue weighted by molar-refractivity contribution is -0.141. The van der Waals surface area contributed by atoms with Crippen molar-refractivity contribution in [3.8, 4) is 0 Å². The van der Waals surface area contributed by atoms with E-state index in [2.05, 4.69) is 5.32 Å². The Balaban J connectivity index is 2.24. The summed E-state index contributed by atoms with van der Waals surface area (Å²) in [6, 6.07) is 12.8. The SMILES string of the molecule is CCC(C(=O)NCC(C)C)N(Cc1ccccc1C)C(=O)CCCN(c1ccc(C)c(C)c1)S(C)(=O)=O. The predicted octanol–water partition coefficient (Wildman–Crippen LogP) is 4.74. The molecule has 2 aromatic rings. The summed E-state index contributed by atoms with van der Waals surface area (Å²) in [5.74, 6) is -0.0243. The smallest absolute Gasteiger partial charge is 0.242 e. The highest BCUT2D eigenvalue weighted by atomic mass is 32.2. The Labute approximate surface area is 223 Å². The molecule has 8 heteroatoms. The normalized spacial score (nSPS) is 12.3. The zero-order chi connectivity index (χ0) is 27.8. The largest absolute Gasteiger partial charge is 0.354 e. The minimum Gasteiger partial charge on any atom is -0.354 e. The standard InChI is InChI=1S/C29H43N3O4S/c1-8-27(29(34)30-19-21(2)3)31(20-25-13-10-9-12-23(25)5)28(33)14-11-17-32(37(7,35)36)26-16-15-22(4)24(6)18-26/h9-10,12-13,15-16,18,21,27H,8,11,14,17,19-20H2,1-7H3,(H,30,34). The highest BCUT2D eigenvalue weighted by Gasteiger charge is 2.29. The van der Waals surface area contributed by atoms with Crippen molar-refractivity contribution >= 4 is 27.5 Å². The van der Waals surface area contributed by atoms with Crippen LogP contribution < -0.4 is 9.62 Å². The summed E-state index contributed by atoms with van der Waals surface area (Å²) in [5.41, 5.74) is 4.72. The molecule has 0 radical (unpaired) electrons. The Bertz CT molecular complexity index is 1180. The lowest BCUT2D eigenvalue weighted by Gasteiger charge is -2.31. The van der Waals surface area contributed by atoms with Gasteiger partial charge in [0.1, 0.15) is 6.04 Å². The molecule has 1 N–H and O–H groups in total. The Kier molecular flexibility index (Phi) is 11.2. The van der Waals surface area contributed by atoms with E-state index in [4.69, 9.17) is 0 Å². The number of hydrogen-bond acceptors (Lipinski definition) is 4. The third-order valence-electron chi connectivity index (χ3n) is 6.60. The fraction of sp³-hybridized carbons (Fsp3) is 0.517. The van der Waals surface area contributed by atoms with E-state index in [1.165, 1.54) is 10.6 Å². The molecule has 37 heavy (non-hydrogen) atoms. The summed E-state index contributed by atoms with van der Waals surface area (Å²) in [5, 5.41) is 2.97. The van der Waals surface area contributed by atoms with Gasteiger partial charge in [-0.1, -0.05) is 51.1 Å². The minimum atomic E-state index is -3.53. The van der Waals surface area contributed by atoms with E-state index in [9.17, 15) is 18.0 Å². The van der Waals surface area contributed by atoms with E-state index >= 15 is 0 Å². The van der Waals surface area contributed by atoms with Crippen LogP contribution in [-0.2, 0) is 26.2 Å². The summed E-state index contributed by atoms with van der Waals surface area (Å²) in [4.78, 5) is 28.3. The maximum absolute atomic E-state index is 13.5. The first kappa shape index (κ1) is 30.4. The monoisotopic (exact) mass is 529 g/mol. The van der Waals surface area contributed by atoms with Crippen LogP contribution in [0.3, 0.4) is 0 Å². The number of anilines is 1. The van der Waals surface area contributed by atoms with Crippen LogP contribution in [0.25, 0.3) is 0 Å². The molecule has 2 aromatic carbocycles. The molecule has 2 rings (SSSR count). The number of carbonyl (C=O) groups is 2. The van der Waals surface area contributed by atoms with E-state index in [1.54, 1.807) is 11.0 Å². The lowest BCUT2D eigenvalue weighted by atomic mass is 10.0. The molecular formula is C29H43N3O4S. The fourth-order valence-electron chi connectivity index (χ4n) is 4.20. The van der Waals surface area contributed by atoms with Crippen LogP contribution in [-0.4, -0.2) is 50.5 Å². The summed E-state index contributed by atoms with van der Waals surface area (Å²) in [6.07, 6.45) is 2.14. The Morgan fingerprint density at radius 2 is 1.65 bits per heavy atom. The van der Waals surface area contributed by atoms with Crippen molar-refractivity contribution in [1.82, 2.24) is 10.2 Å². The van der Waals surface area contributed by atoms with Gasteiger partial charge >= 0.3 is 0 Å². The number of amides is 2. The molecule has 0 aromatic heterocycles. The van der Waals surface area contributed by atoms with Crippen LogP contribution in [0.5, 0.6) is 0 Å². The maximum atomic E-state index is 13.5. The Morgan fingerprint density at radius 3 is 2.22 bits per heavy atom. The second-order valence-corrected chi connectivity index (χ2v) is 12.1. The number of sulfonamides is 1. The molecule has 0 saturated carbocycles. The highest BCUT2D eigenvalue weighted by Crippen LogP contribution is 2.23. The van der Waals surface area contributed by atoms with Crippen LogP contribution in [0.1, 0.15) is 62.3 Å². The molecular weight excluding hydrogens is 486 g/mol. The molecule has 0 bridgehead atoms. The molecule has 0 fully saturated rings. The van der Waals surface area contributed by atoms with Gasteiger partial charge in [-0.15, -0.1) is 0 Å². The average molecular weight is 530 g/mol. The summed E-state index contributed by atoms with van der Waals surface area (Å²) in [6.45, 7) is 12.9. The lowest BCUT2D eigenvalue weighted by Crippen LogP contribution is -2.49. The van der Waals surface area contributed by atoms with Gasteiger partial charge in [-0.05, 0) is 73.9 Å². The molecule has 0 aliphatic carbocycles. The zero-order valence-corrected chi connectivity index (χ0v) is 24.2. The van der Waals surface area contributed by atoms with Crippen LogP contribution in [0.15, 0.2) is 42.5 Å². The first-order valence-corrected chi connectivity index (χ1v) is 14.9. The zero-order valence-electron chi connectivity index (χ0n) is 23.4. The van der Waals surface area contributed by atoms with Crippen LogP contribution >= 0.6 is 0 Å². The molecule has 0 aliphatic rings. The van der Waals surface area contributed by atoms with E-state index in [1.807, 2.05) is 77.9 Å². The van der Waals surface area contributed by atoms with Gasteiger partial charge in [-0.2, -0.15) is 0 Å². The maximum Gasteiger partial charge on any atom is 0.242 e. The van der Waals surface area contributed by atoms with Crippen molar-refractivity contribution in [2.75, 3.05) is 23.7 Å². The number of hydrogen-bond donors (Lipinski definition) is 1. The van der Waals surface area contributed by atoms with E-state index in [-0.39, 0.29) is 24.8 Å². The van der Waals surface area contributed by atoms with Gasteiger partial charge in [0.15, 0.2) is 0 Å². The highest BCUT2D eigenvalue weighted by molar-refractivity contribution is 7.92. The molecule has 0 heterocycles. The van der Waals surface area contributed by atoms with E-state index in [0.29, 0.717) is 37.5 Å². The quantitative estimate of drug-likeness (QED) is 0.406. The summed E-state index contributed by atoms with van der Waals surface area (Å²) < 4.78 is 26.5. The number of rotatable bonds is 13. The number of nitrogens with zero attached hydrogens (tertiary/aromatic N) is 2. The Hall–Kier alpha value is -2.87. The van der Waals surface area contributed by atoms with Crippen molar-refractivity contribution in [1.29, 1.82) is 0 Å². The number of nitrogens with one attached hydrogen (secondary N) is 1. The van der Waals surface area contributed by atoms with Gasteiger partial charge < -0.3 is 10.2 Å². The molecule has 204 valence electrons. The van der Waals surface area contributed by atoms with Crippen molar-refractivity contribution in [2.24, 2.45) is 5.92 Å². The number of aryl methyl sites for hydroxylation is 3. The Morgan fingerprint density at radius 1 is 0.973 bits per heavy atom. The van der Waals surface area contributed by atoms with Crippen molar-refractivity contribution in [3.05, 3.63) is 64.7 Å². The second kappa shape index (κ2) is 13.6. The van der Waals surface area contributed by atoms with Gasteiger partial charge in [0.25, 0.3) is 0 Å². The number of carbonyl (C=O) groups excluding carboxylic acids is 2. The van der Waals surface area contributed by atoms with Crippen LogP contribution in [0.2, 0.25) is 0 Å². The number of benzene rings is 2. The third kappa shape index (κ3) is 8.88. The fourth-order valence-corrected chi connectivity index (χ4v) is 5.15. The van der Waals surface area contributed by atoms with Gasteiger partial charge in [0.2, 0.25) is 21.8 Å². The van der Waals surface area contributed by atoms with Gasteiger partial charge in [-0.25, -0.2) is 8.42 Å². The molecule has 0 saturated heterocycles. The topological polar surface area (TPSA) is 86.8 Å². The first-order valence-electron chi connectivity index (χ1n) is 13.0. The molecule has 0 aliphatic heterocycles. The van der Waals surface area contributed by atoms with E-state index < -0.39 is 16.1 Å². The van der Waals surface area contributed by atoms with Crippen molar-refractivity contribution < 1.29 is 18.0 Å². The van der Waals surface area contributed by atoms with Gasteiger partial charge in [0, 0.05) is 26.1 Å². The third-order valence-corrected chi connectivity index (χ3v) is 7.80. The molecule has 2 amide bonds. The van der Waals surface area contributed by atoms with Crippen molar-refractivity contribution in [2.45, 2.75) is 73.4 Å². The molecule has 1 atom stereocenters. The first-order chi connectivity index (χ1) is 17.3. The van der Waals surface area contributed by atoms with Crippen molar-refractivity contribution in [3.63, 3.8) is 0 Å². The molecule has 7 nitrogen and oxygen atoms in total. The molecule has 0 spiro atoms. The second-order valence-electron chi connectivity index (χ2n) is 10.2. The minimum absolute atomic E-state index is 0.136.